The smallest absolute Gasteiger partial charge is 0.217 e. The summed E-state index contributed by atoms with van der Waals surface area (Å²) in [5, 5.41) is 2.93. The Morgan fingerprint density at radius 3 is 2.27 bits per heavy atom. The Hall–Kier alpha value is -0.530. The summed E-state index contributed by atoms with van der Waals surface area (Å²) in [5.74, 6) is 0.785. The second-order valence-corrected chi connectivity index (χ2v) is 4.52. The van der Waals surface area contributed by atoms with E-state index in [2.05, 4.69) is 26.1 Å². The van der Waals surface area contributed by atoms with E-state index in [1.54, 1.807) is 6.92 Å². The fourth-order valence-corrected chi connectivity index (χ4v) is 1.57. The number of carbonyl (C=O) groups is 1. The molecule has 0 saturated heterocycles. The van der Waals surface area contributed by atoms with E-state index in [4.69, 9.17) is 0 Å². The fraction of sp³-hybridized carbons (Fsp3) is 0.889. The molecule has 0 aliphatic heterocycles. The molecule has 0 spiro atoms. The van der Waals surface area contributed by atoms with Crippen LogP contribution in [0, 0.1) is 11.3 Å². The first-order valence-corrected chi connectivity index (χ1v) is 4.18. The molecule has 64 valence electrons. The van der Waals surface area contributed by atoms with Crippen LogP contribution in [0.15, 0.2) is 0 Å². The van der Waals surface area contributed by atoms with Crippen molar-refractivity contribution in [2.45, 2.75) is 40.2 Å². The van der Waals surface area contributed by atoms with Gasteiger partial charge < -0.3 is 5.32 Å². The molecule has 2 heteroatoms. The third-order valence-corrected chi connectivity index (χ3v) is 2.29. The lowest BCUT2D eigenvalue weighted by atomic mass is 9.90. The van der Waals surface area contributed by atoms with Gasteiger partial charge in [0.15, 0.2) is 0 Å². The maximum absolute atomic E-state index is 10.7. The van der Waals surface area contributed by atoms with Crippen LogP contribution in [0.1, 0.15) is 34.1 Å². The van der Waals surface area contributed by atoms with E-state index in [9.17, 15) is 4.79 Å². The van der Waals surface area contributed by atoms with Crippen LogP contribution in [0.5, 0.6) is 0 Å². The largest absolute Gasteiger partial charge is 0.353 e. The van der Waals surface area contributed by atoms with Gasteiger partial charge in [0.05, 0.1) is 0 Å². The number of amides is 1. The summed E-state index contributed by atoms with van der Waals surface area (Å²) in [6, 6.07) is 0.451. The molecule has 1 saturated carbocycles. The normalized spacial score (nSPS) is 29.8. The minimum Gasteiger partial charge on any atom is -0.353 e. The van der Waals surface area contributed by atoms with Crippen LogP contribution < -0.4 is 5.32 Å². The Morgan fingerprint density at radius 2 is 2.00 bits per heavy atom. The van der Waals surface area contributed by atoms with Crippen molar-refractivity contribution >= 4 is 5.91 Å². The zero-order valence-electron chi connectivity index (χ0n) is 7.77. The first-order chi connectivity index (χ1) is 4.91. The van der Waals surface area contributed by atoms with E-state index in [-0.39, 0.29) is 5.91 Å². The van der Waals surface area contributed by atoms with Crippen molar-refractivity contribution in [1.29, 1.82) is 0 Å². The van der Waals surface area contributed by atoms with E-state index >= 15 is 0 Å². The van der Waals surface area contributed by atoms with Gasteiger partial charge in [-0.1, -0.05) is 20.8 Å². The van der Waals surface area contributed by atoms with Crippen LogP contribution in [0.25, 0.3) is 0 Å². The zero-order valence-corrected chi connectivity index (χ0v) is 7.77. The second-order valence-electron chi connectivity index (χ2n) is 4.52. The molecule has 0 bridgehead atoms. The highest BCUT2D eigenvalue weighted by molar-refractivity contribution is 5.73. The van der Waals surface area contributed by atoms with E-state index in [1.165, 1.54) is 0 Å². The third kappa shape index (κ3) is 2.21. The monoisotopic (exact) mass is 155 g/mol. The molecule has 0 aromatic carbocycles. The van der Waals surface area contributed by atoms with Crippen molar-refractivity contribution in [2.24, 2.45) is 11.3 Å². The molecule has 2 unspecified atom stereocenters. The molecule has 0 heterocycles. The van der Waals surface area contributed by atoms with Crippen molar-refractivity contribution in [2.75, 3.05) is 0 Å². The average molecular weight is 155 g/mol. The predicted molar refractivity (Wildman–Crippen MR) is 45.2 cm³/mol. The minimum atomic E-state index is 0.0988. The summed E-state index contributed by atoms with van der Waals surface area (Å²) >= 11 is 0. The molecule has 0 aromatic rings. The Morgan fingerprint density at radius 1 is 1.45 bits per heavy atom. The molecule has 0 aromatic heterocycles. The van der Waals surface area contributed by atoms with Crippen molar-refractivity contribution in [3.63, 3.8) is 0 Å². The predicted octanol–water partition coefficient (Wildman–Crippen LogP) is 1.56. The van der Waals surface area contributed by atoms with Crippen molar-refractivity contribution < 1.29 is 4.79 Å². The van der Waals surface area contributed by atoms with E-state index in [1.807, 2.05) is 0 Å². The van der Waals surface area contributed by atoms with Crippen LogP contribution in [0.2, 0.25) is 0 Å². The maximum Gasteiger partial charge on any atom is 0.217 e. The van der Waals surface area contributed by atoms with Gasteiger partial charge in [0.25, 0.3) is 0 Å². The zero-order chi connectivity index (χ0) is 8.65. The van der Waals surface area contributed by atoms with Crippen molar-refractivity contribution in [1.82, 2.24) is 5.32 Å². The molecule has 1 aliphatic carbocycles. The molecule has 0 radical (unpaired) electrons. The summed E-state index contributed by atoms with van der Waals surface area (Å²) in [6.45, 7) is 8.25. The van der Waals surface area contributed by atoms with Gasteiger partial charge in [-0.15, -0.1) is 0 Å². The van der Waals surface area contributed by atoms with Crippen molar-refractivity contribution in [3.8, 4) is 0 Å². The summed E-state index contributed by atoms with van der Waals surface area (Å²) in [5.41, 5.74) is 0.354. The molecule has 1 rings (SSSR count). The van der Waals surface area contributed by atoms with Gasteiger partial charge >= 0.3 is 0 Å². The molecule has 1 fully saturated rings. The summed E-state index contributed by atoms with van der Waals surface area (Å²) in [7, 11) is 0. The Labute approximate surface area is 68.4 Å². The molecule has 2 atom stereocenters. The van der Waals surface area contributed by atoms with Gasteiger partial charge in [-0.05, 0) is 17.8 Å². The second kappa shape index (κ2) is 2.50. The van der Waals surface area contributed by atoms with Gasteiger partial charge in [-0.25, -0.2) is 0 Å². The highest BCUT2D eigenvalue weighted by Gasteiger charge is 2.45. The molecule has 2 nitrogen and oxygen atoms in total. The van der Waals surface area contributed by atoms with Crippen molar-refractivity contribution in [3.05, 3.63) is 0 Å². The molecular formula is C9H17NO. The van der Waals surface area contributed by atoms with E-state index in [0.29, 0.717) is 17.4 Å². The lowest BCUT2D eigenvalue weighted by Crippen LogP contribution is -2.26. The molecule has 1 N–H and O–H groups in total. The van der Waals surface area contributed by atoms with Gasteiger partial charge in [0, 0.05) is 13.0 Å². The third-order valence-electron chi connectivity index (χ3n) is 2.29. The first kappa shape index (κ1) is 8.57. The van der Waals surface area contributed by atoms with Gasteiger partial charge in [-0.2, -0.15) is 0 Å². The van der Waals surface area contributed by atoms with Crippen LogP contribution in [0.3, 0.4) is 0 Å². The molecule has 1 aliphatic rings. The van der Waals surface area contributed by atoms with E-state index < -0.39 is 0 Å². The van der Waals surface area contributed by atoms with Gasteiger partial charge in [-0.3, -0.25) is 4.79 Å². The highest BCUT2D eigenvalue weighted by Crippen LogP contribution is 2.44. The van der Waals surface area contributed by atoms with Crippen LogP contribution in [-0.4, -0.2) is 11.9 Å². The summed E-state index contributed by atoms with van der Waals surface area (Å²) in [4.78, 5) is 10.7. The van der Waals surface area contributed by atoms with Crippen LogP contribution in [0.4, 0.5) is 0 Å². The molecule has 11 heavy (non-hydrogen) atoms. The SMILES string of the molecule is CC(=O)NC1CC1C(C)(C)C. The average Bonchev–Trinajstić information content (AvgIpc) is 2.40. The Balaban J connectivity index is 2.32. The Bertz CT molecular complexity index is 169. The number of rotatable bonds is 1. The Kier molecular flexibility index (Phi) is 1.95. The van der Waals surface area contributed by atoms with E-state index in [0.717, 1.165) is 6.42 Å². The van der Waals surface area contributed by atoms with Crippen LogP contribution in [-0.2, 0) is 4.79 Å². The first-order valence-electron chi connectivity index (χ1n) is 4.18. The lowest BCUT2D eigenvalue weighted by molar-refractivity contribution is -0.119. The molecular weight excluding hydrogens is 138 g/mol. The summed E-state index contributed by atoms with van der Waals surface area (Å²) < 4.78 is 0. The fourth-order valence-electron chi connectivity index (χ4n) is 1.57. The summed E-state index contributed by atoms with van der Waals surface area (Å²) in [6.07, 6.45) is 1.16. The standard InChI is InChI=1S/C9H17NO/c1-6(11)10-8-5-7(8)9(2,3)4/h7-8H,5H2,1-4H3,(H,10,11). The number of nitrogens with one attached hydrogen (secondary N) is 1. The lowest BCUT2D eigenvalue weighted by Gasteiger charge is -2.17. The number of hydrogen-bond donors (Lipinski definition) is 1. The molecule has 1 amide bonds. The van der Waals surface area contributed by atoms with Gasteiger partial charge in [0.2, 0.25) is 5.91 Å². The van der Waals surface area contributed by atoms with Gasteiger partial charge in [0.1, 0.15) is 0 Å². The highest BCUT2D eigenvalue weighted by atomic mass is 16.1. The number of carbonyl (C=O) groups excluding carboxylic acids is 1. The number of hydrogen-bond acceptors (Lipinski definition) is 1. The van der Waals surface area contributed by atoms with Crippen LogP contribution >= 0.6 is 0 Å². The topological polar surface area (TPSA) is 29.1 Å². The quantitative estimate of drug-likeness (QED) is 0.611. The minimum absolute atomic E-state index is 0.0988. The maximum atomic E-state index is 10.7.